The van der Waals surface area contributed by atoms with Crippen LogP contribution in [0.5, 0.6) is 0 Å². The molecule has 2 atom stereocenters. The first-order valence-corrected chi connectivity index (χ1v) is 30.2. The fourth-order valence-corrected chi connectivity index (χ4v) is 13.6. The molecular formula is C51H58F8N2S2Si2+2. The Kier molecular flexibility index (Phi) is 12.1. The van der Waals surface area contributed by atoms with Gasteiger partial charge in [-0.1, -0.05) is 98.2 Å². The van der Waals surface area contributed by atoms with Crippen LogP contribution in [0.4, 0.5) is 46.5 Å². The molecule has 0 bridgehead atoms. The van der Waals surface area contributed by atoms with Crippen LogP contribution in [0.25, 0.3) is 20.9 Å². The number of halogens is 8. The lowest BCUT2D eigenvalue weighted by Gasteiger charge is -2.37. The van der Waals surface area contributed by atoms with Crippen molar-refractivity contribution >= 4 is 60.6 Å². The zero-order valence-electron chi connectivity index (χ0n) is 39.0. The van der Waals surface area contributed by atoms with E-state index in [1.807, 2.05) is 52.5 Å². The Labute approximate surface area is 388 Å². The number of nitrogens with zero attached hydrogens (tertiary/aromatic N) is 2. The molecule has 6 aromatic rings. The van der Waals surface area contributed by atoms with Gasteiger partial charge in [-0.15, -0.1) is 22.7 Å². The van der Waals surface area contributed by atoms with Crippen molar-refractivity contribution in [1.82, 2.24) is 8.97 Å². The fourth-order valence-electron chi connectivity index (χ4n) is 9.08. The smallest absolute Gasteiger partial charge is 0.292 e. The summed E-state index contributed by atoms with van der Waals surface area (Å²) >= 11 is 1.50. The average Bonchev–Trinajstić information content (AvgIpc) is 3.83. The Hall–Kier alpha value is -3.93. The Morgan fingerprint density at radius 3 is 1.00 bits per heavy atom. The summed E-state index contributed by atoms with van der Waals surface area (Å²) in [5.74, 6) is -18.7. The Morgan fingerprint density at radius 2 is 0.723 bits per heavy atom. The zero-order valence-corrected chi connectivity index (χ0v) is 42.7. The highest BCUT2D eigenvalue weighted by molar-refractivity contribution is 7.16. The average molecular weight is 971 g/mol. The maximum Gasteiger partial charge on any atom is 0.379 e. The molecule has 0 aliphatic heterocycles. The first-order valence-electron chi connectivity index (χ1n) is 21.6. The number of alkyl halides is 8. The van der Waals surface area contributed by atoms with Gasteiger partial charge in [-0.25, -0.2) is 8.78 Å². The van der Waals surface area contributed by atoms with Gasteiger partial charge >= 0.3 is 17.8 Å². The second-order valence-corrected chi connectivity index (χ2v) is 33.5. The molecule has 65 heavy (non-hydrogen) atoms. The maximum absolute atomic E-state index is 17.8. The monoisotopic (exact) mass is 970 g/mol. The normalized spacial score (nSPS) is 20.9. The first-order chi connectivity index (χ1) is 29.8. The molecular weight excluding hydrogens is 913 g/mol. The van der Waals surface area contributed by atoms with Crippen LogP contribution >= 0.6 is 22.7 Å². The zero-order chi connectivity index (χ0) is 48.1. The summed E-state index contributed by atoms with van der Waals surface area (Å²) in [6, 6.07) is 32.7. The summed E-state index contributed by atoms with van der Waals surface area (Å²) < 4.78 is 132. The van der Waals surface area contributed by atoms with Crippen LogP contribution in [0.2, 0.25) is 39.3 Å². The standard InChI is InChI=1S/C51H58F8N2S2Si2/c1-33-43(29-45(62-33)37-17-21-39(22-18-37)60(3,4)31-35-13-25-41(26-14-35)64(7,8)9)47(52)48(53,50(56,57)51(58,59)49(47,54)55)44-30-46(63-34(44)2)38-19-23-40(24-20-38)61(5,6)32-36-15-27-42(28-16-36)65(10,11)12/h13-30H,31-32H2,1-12H3/q+2. The summed E-state index contributed by atoms with van der Waals surface area (Å²) in [5, 5.41) is 2.69. The van der Waals surface area contributed by atoms with E-state index in [1.165, 1.54) is 10.4 Å². The molecule has 4 aromatic carbocycles. The van der Waals surface area contributed by atoms with Crippen LogP contribution in [-0.2, 0) is 24.4 Å². The summed E-state index contributed by atoms with van der Waals surface area (Å²) in [4.78, 5) is -0.373. The summed E-state index contributed by atoms with van der Waals surface area (Å²) in [6.07, 6.45) is 0. The number of benzene rings is 4. The van der Waals surface area contributed by atoms with Gasteiger partial charge in [0.05, 0.1) is 44.3 Å². The number of rotatable bonds is 12. The van der Waals surface area contributed by atoms with Crippen molar-refractivity contribution < 1.29 is 35.1 Å². The quantitative estimate of drug-likeness (QED) is 0.0651. The van der Waals surface area contributed by atoms with Crippen LogP contribution in [-0.4, -0.2) is 62.1 Å². The minimum Gasteiger partial charge on any atom is -0.292 e. The molecule has 2 unspecified atom stereocenters. The molecule has 0 amide bonds. The van der Waals surface area contributed by atoms with Gasteiger partial charge in [-0.3, -0.25) is 8.97 Å². The highest BCUT2D eigenvalue weighted by Gasteiger charge is 3.00. The van der Waals surface area contributed by atoms with Crippen molar-refractivity contribution in [1.29, 1.82) is 0 Å². The van der Waals surface area contributed by atoms with E-state index in [0.29, 0.717) is 33.2 Å². The highest BCUT2D eigenvalue weighted by atomic mass is 32.1. The summed E-state index contributed by atoms with van der Waals surface area (Å²) in [6.45, 7) is 17.3. The van der Waals surface area contributed by atoms with E-state index in [9.17, 15) is 0 Å². The van der Waals surface area contributed by atoms with Gasteiger partial charge in [0.1, 0.15) is 24.5 Å². The lowest BCUT2D eigenvalue weighted by molar-refractivity contribution is -0.293. The minimum absolute atomic E-state index is 0.137. The van der Waals surface area contributed by atoms with E-state index in [0.717, 1.165) is 71.2 Å². The topological polar surface area (TPSA) is 0 Å². The molecule has 0 saturated heterocycles. The van der Waals surface area contributed by atoms with E-state index in [1.54, 1.807) is 24.3 Å². The molecule has 1 aliphatic carbocycles. The van der Waals surface area contributed by atoms with Gasteiger partial charge in [0.2, 0.25) is 0 Å². The van der Waals surface area contributed by atoms with E-state index in [4.69, 9.17) is 0 Å². The molecule has 2 nitrogen and oxygen atoms in total. The van der Waals surface area contributed by atoms with Crippen LogP contribution in [0, 0.1) is 13.8 Å². The predicted molar refractivity (Wildman–Crippen MR) is 263 cm³/mol. The largest absolute Gasteiger partial charge is 0.379 e. The van der Waals surface area contributed by atoms with Gasteiger partial charge in [0.15, 0.2) is 0 Å². The molecule has 0 N–H and O–H groups in total. The summed E-state index contributed by atoms with van der Waals surface area (Å²) in [7, 11) is 5.13. The fraction of sp³-hybridized carbons (Fsp3) is 0.373. The molecule has 14 heteroatoms. The van der Waals surface area contributed by atoms with E-state index in [2.05, 4.69) is 87.8 Å². The number of hydrogen-bond acceptors (Lipinski definition) is 2. The van der Waals surface area contributed by atoms with Crippen molar-refractivity contribution in [3.63, 3.8) is 0 Å². The molecule has 1 fully saturated rings. The van der Waals surface area contributed by atoms with Crippen LogP contribution in [0.15, 0.2) is 109 Å². The molecule has 1 aliphatic rings. The number of quaternary nitrogens is 2. The first kappa shape index (κ1) is 49.0. The van der Waals surface area contributed by atoms with Gasteiger partial charge in [-0.2, -0.15) is 26.3 Å². The Balaban J connectivity index is 1.20. The molecule has 2 heterocycles. The number of thiophene rings is 2. The number of hydrogen-bond donors (Lipinski definition) is 0. The molecule has 346 valence electrons. The third-order valence-electron chi connectivity index (χ3n) is 13.2. The van der Waals surface area contributed by atoms with Gasteiger partial charge < -0.3 is 0 Å². The van der Waals surface area contributed by atoms with E-state index >= 15 is 35.1 Å². The summed E-state index contributed by atoms with van der Waals surface area (Å²) in [5.41, 5.74) is -8.01. The molecule has 0 radical (unpaired) electrons. The molecule has 1 saturated carbocycles. The van der Waals surface area contributed by atoms with Gasteiger partial charge in [0.25, 0.3) is 11.3 Å². The lowest BCUT2D eigenvalue weighted by atomic mass is 9.76. The van der Waals surface area contributed by atoms with Crippen LogP contribution < -0.4 is 19.3 Å². The predicted octanol–water partition coefficient (Wildman–Crippen LogP) is 14.3. The number of aryl methyl sites for hydroxylation is 2. The Morgan fingerprint density at radius 1 is 0.431 bits per heavy atom. The van der Waals surface area contributed by atoms with Crippen molar-refractivity contribution in [2.45, 2.75) is 95.3 Å². The van der Waals surface area contributed by atoms with Gasteiger partial charge in [0, 0.05) is 41.8 Å². The second kappa shape index (κ2) is 16.1. The highest BCUT2D eigenvalue weighted by Crippen LogP contribution is 2.76. The van der Waals surface area contributed by atoms with Crippen molar-refractivity contribution in [3.8, 4) is 20.9 Å². The SMILES string of the molecule is Cc1sc(-c2ccc([N+](C)(C)Cc3ccc([Si](C)(C)C)cc3)cc2)cc1C1(F)C(F)(F)C(F)(F)C(F)(F)C1(F)c1cc(-c2ccc([N+](C)(C)Cc3ccc([Si](C)(C)C)cc3)cc2)sc1C. The maximum atomic E-state index is 17.8. The Bertz CT molecular complexity index is 2510. The van der Waals surface area contributed by atoms with Crippen molar-refractivity contribution in [2.75, 3.05) is 28.2 Å². The lowest BCUT2D eigenvalue weighted by Crippen LogP contribution is -2.52. The van der Waals surface area contributed by atoms with Crippen molar-refractivity contribution in [3.05, 3.63) is 141 Å². The minimum atomic E-state index is -6.40. The van der Waals surface area contributed by atoms with Crippen molar-refractivity contribution in [2.24, 2.45) is 0 Å². The van der Waals surface area contributed by atoms with Gasteiger partial charge in [-0.05, 0) is 85.6 Å². The third kappa shape index (κ3) is 8.01. The molecule has 0 spiro atoms. The van der Waals surface area contributed by atoms with E-state index < -0.39 is 56.4 Å². The van der Waals surface area contributed by atoms with Crippen LogP contribution in [0.3, 0.4) is 0 Å². The van der Waals surface area contributed by atoms with E-state index in [-0.39, 0.29) is 19.5 Å². The molecule has 7 rings (SSSR count). The third-order valence-corrected chi connectivity index (χ3v) is 19.5. The van der Waals surface area contributed by atoms with Crippen LogP contribution in [0.1, 0.15) is 32.0 Å². The second-order valence-electron chi connectivity index (χ2n) is 20.9. The molecule has 2 aromatic heterocycles.